The third kappa shape index (κ3) is 4.82. The van der Waals surface area contributed by atoms with Crippen molar-refractivity contribution in [3.05, 3.63) is 18.0 Å². The summed E-state index contributed by atoms with van der Waals surface area (Å²) in [6.07, 6.45) is 5.93. The Kier molecular flexibility index (Phi) is 6.20. The number of piperidine rings is 1. The minimum absolute atomic E-state index is 0.117. The van der Waals surface area contributed by atoms with Gasteiger partial charge in [-0.15, -0.1) is 0 Å². The maximum absolute atomic E-state index is 12.0. The summed E-state index contributed by atoms with van der Waals surface area (Å²) in [5.41, 5.74) is 0.482. The third-order valence-corrected chi connectivity index (χ3v) is 3.96. The number of carbonyl (C=O) groups is 1. The van der Waals surface area contributed by atoms with E-state index in [1.807, 2.05) is 17.8 Å². The number of carbonyl (C=O) groups excluding carboxylic acids is 1. The van der Waals surface area contributed by atoms with E-state index in [1.165, 1.54) is 0 Å². The Labute approximate surface area is 125 Å². The SMILES string of the molecule is CC(CO)CCCNC(=O)c1ccn(C2CCCNC2)n1. The Balaban J connectivity index is 1.76. The number of aliphatic hydroxyl groups excluding tert-OH is 1. The molecule has 21 heavy (non-hydrogen) atoms. The van der Waals surface area contributed by atoms with E-state index >= 15 is 0 Å². The first-order chi connectivity index (χ1) is 10.2. The Morgan fingerprint density at radius 3 is 3.24 bits per heavy atom. The first kappa shape index (κ1) is 16.0. The van der Waals surface area contributed by atoms with Gasteiger partial charge in [-0.3, -0.25) is 9.48 Å². The molecule has 3 N–H and O–H groups in total. The Morgan fingerprint density at radius 1 is 1.67 bits per heavy atom. The first-order valence-electron chi connectivity index (χ1n) is 7.85. The Hall–Kier alpha value is -1.40. The molecule has 2 rings (SSSR count). The number of nitrogens with one attached hydrogen (secondary N) is 2. The molecule has 1 aromatic rings. The number of nitrogens with zero attached hydrogens (tertiary/aromatic N) is 2. The summed E-state index contributed by atoms with van der Waals surface area (Å²) in [4.78, 5) is 12.0. The van der Waals surface area contributed by atoms with E-state index in [2.05, 4.69) is 15.7 Å². The van der Waals surface area contributed by atoms with Crippen molar-refractivity contribution >= 4 is 5.91 Å². The molecule has 6 nitrogen and oxygen atoms in total. The molecule has 0 aliphatic carbocycles. The molecule has 1 fully saturated rings. The van der Waals surface area contributed by atoms with Crippen molar-refractivity contribution in [2.75, 3.05) is 26.2 Å². The fourth-order valence-electron chi connectivity index (χ4n) is 2.56. The van der Waals surface area contributed by atoms with E-state index in [-0.39, 0.29) is 12.5 Å². The first-order valence-corrected chi connectivity index (χ1v) is 7.85. The largest absolute Gasteiger partial charge is 0.396 e. The van der Waals surface area contributed by atoms with Gasteiger partial charge in [0.25, 0.3) is 5.91 Å². The molecule has 2 heterocycles. The molecule has 0 spiro atoms. The molecule has 1 amide bonds. The van der Waals surface area contributed by atoms with Crippen LogP contribution in [0.4, 0.5) is 0 Å². The second-order valence-electron chi connectivity index (χ2n) is 5.87. The van der Waals surface area contributed by atoms with Gasteiger partial charge in [0.2, 0.25) is 0 Å². The molecule has 0 saturated carbocycles. The maximum Gasteiger partial charge on any atom is 0.271 e. The molecule has 1 saturated heterocycles. The third-order valence-electron chi connectivity index (χ3n) is 3.96. The highest BCUT2D eigenvalue weighted by atomic mass is 16.3. The summed E-state index contributed by atoms with van der Waals surface area (Å²) in [5, 5.41) is 19.6. The smallest absolute Gasteiger partial charge is 0.271 e. The molecule has 2 atom stereocenters. The summed E-state index contributed by atoms with van der Waals surface area (Å²) in [6, 6.07) is 2.13. The zero-order valence-corrected chi connectivity index (χ0v) is 12.7. The average Bonchev–Trinajstić information content (AvgIpc) is 3.02. The highest BCUT2D eigenvalue weighted by Gasteiger charge is 2.17. The van der Waals surface area contributed by atoms with Gasteiger partial charge in [0.15, 0.2) is 0 Å². The molecular weight excluding hydrogens is 268 g/mol. The summed E-state index contributed by atoms with van der Waals surface area (Å²) in [7, 11) is 0. The van der Waals surface area contributed by atoms with Crippen LogP contribution >= 0.6 is 0 Å². The van der Waals surface area contributed by atoms with E-state index in [4.69, 9.17) is 5.11 Å². The van der Waals surface area contributed by atoms with E-state index in [0.717, 1.165) is 38.8 Å². The fourth-order valence-corrected chi connectivity index (χ4v) is 2.56. The van der Waals surface area contributed by atoms with Crippen molar-refractivity contribution in [1.82, 2.24) is 20.4 Å². The lowest BCUT2D eigenvalue weighted by Crippen LogP contribution is -2.32. The molecule has 0 bridgehead atoms. The van der Waals surface area contributed by atoms with Crippen LogP contribution < -0.4 is 10.6 Å². The maximum atomic E-state index is 12.0. The highest BCUT2D eigenvalue weighted by molar-refractivity contribution is 5.92. The van der Waals surface area contributed by atoms with Gasteiger partial charge in [-0.25, -0.2) is 0 Å². The van der Waals surface area contributed by atoms with Crippen LogP contribution in [0.3, 0.4) is 0 Å². The lowest BCUT2D eigenvalue weighted by Gasteiger charge is -2.22. The monoisotopic (exact) mass is 294 g/mol. The number of amides is 1. The predicted molar refractivity (Wildman–Crippen MR) is 81.2 cm³/mol. The summed E-state index contributed by atoms with van der Waals surface area (Å²) in [6.45, 7) is 4.82. The van der Waals surface area contributed by atoms with Gasteiger partial charge in [-0.1, -0.05) is 6.92 Å². The second-order valence-corrected chi connectivity index (χ2v) is 5.87. The number of aromatic nitrogens is 2. The van der Waals surface area contributed by atoms with Crippen LogP contribution in [0.5, 0.6) is 0 Å². The normalized spacial score (nSPS) is 20.2. The van der Waals surface area contributed by atoms with E-state index < -0.39 is 0 Å². The van der Waals surface area contributed by atoms with Gasteiger partial charge in [0.05, 0.1) is 6.04 Å². The standard InChI is InChI=1S/C15H26N4O2/c1-12(11-20)4-2-8-17-15(21)14-6-9-19(18-14)13-5-3-7-16-10-13/h6,9,12-13,16,20H,2-5,7-8,10-11H2,1H3,(H,17,21). The fraction of sp³-hybridized carbons (Fsp3) is 0.733. The van der Waals surface area contributed by atoms with E-state index in [0.29, 0.717) is 24.2 Å². The number of aliphatic hydroxyl groups is 1. The average molecular weight is 294 g/mol. The minimum Gasteiger partial charge on any atom is -0.396 e. The lowest BCUT2D eigenvalue weighted by atomic mass is 10.1. The quantitative estimate of drug-likeness (QED) is 0.654. The van der Waals surface area contributed by atoms with Gasteiger partial charge >= 0.3 is 0 Å². The van der Waals surface area contributed by atoms with Crippen molar-refractivity contribution in [1.29, 1.82) is 0 Å². The number of rotatable bonds is 7. The number of hydrogen-bond donors (Lipinski definition) is 3. The summed E-state index contributed by atoms with van der Waals surface area (Å²) >= 11 is 0. The van der Waals surface area contributed by atoms with Crippen LogP contribution in [0, 0.1) is 5.92 Å². The molecule has 0 aromatic carbocycles. The molecule has 0 radical (unpaired) electrons. The molecule has 1 aromatic heterocycles. The van der Waals surface area contributed by atoms with Crippen molar-refractivity contribution in [2.24, 2.45) is 5.92 Å². The molecule has 118 valence electrons. The van der Waals surface area contributed by atoms with Crippen LogP contribution in [-0.2, 0) is 0 Å². The van der Waals surface area contributed by atoms with Gasteiger partial charge in [0, 0.05) is 25.9 Å². The minimum atomic E-state index is -0.117. The molecule has 2 unspecified atom stereocenters. The highest BCUT2D eigenvalue weighted by Crippen LogP contribution is 2.15. The molecular formula is C15H26N4O2. The summed E-state index contributed by atoms with van der Waals surface area (Å²) in [5.74, 6) is 0.175. The number of hydrogen-bond acceptors (Lipinski definition) is 4. The van der Waals surface area contributed by atoms with Crippen LogP contribution in [0.2, 0.25) is 0 Å². The van der Waals surface area contributed by atoms with Crippen molar-refractivity contribution in [3.8, 4) is 0 Å². The van der Waals surface area contributed by atoms with Crippen molar-refractivity contribution in [2.45, 2.75) is 38.6 Å². The van der Waals surface area contributed by atoms with Crippen LogP contribution in [0.25, 0.3) is 0 Å². The van der Waals surface area contributed by atoms with Crippen LogP contribution in [0.1, 0.15) is 49.1 Å². The van der Waals surface area contributed by atoms with E-state index in [9.17, 15) is 4.79 Å². The zero-order chi connectivity index (χ0) is 15.1. The topological polar surface area (TPSA) is 79.2 Å². The second kappa shape index (κ2) is 8.14. The Bertz CT molecular complexity index is 441. The molecule has 6 heteroatoms. The Morgan fingerprint density at radius 2 is 2.52 bits per heavy atom. The van der Waals surface area contributed by atoms with Crippen LogP contribution in [0.15, 0.2) is 12.3 Å². The molecule has 1 aliphatic heterocycles. The van der Waals surface area contributed by atoms with Gasteiger partial charge < -0.3 is 15.7 Å². The van der Waals surface area contributed by atoms with Crippen molar-refractivity contribution < 1.29 is 9.90 Å². The zero-order valence-electron chi connectivity index (χ0n) is 12.7. The van der Waals surface area contributed by atoms with Gasteiger partial charge in [-0.05, 0) is 44.2 Å². The van der Waals surface area contributed by atoms with Crippen molar-refractivity contribution in [3.63, 3.8) is 0 Å². The summed E-state index contributed by atoms with van der Waals surface area (Å²) < 4.78 is 1.90. The molecule has 1 aliphatic rings. The van der Waals surface area contributed by atoms with Gasteiger partial charge in [0.1, 0.15) is 5.69 Å². The van der Waals surface area contributed by atoms with Gasteiger partial charge in [-0.2, -0.15) is 5.10 Å². The van der Waals surface area contributed by atoms with Crippen LogP contribution in [-0.4, -0.2) is 47.0 Å². The predicted octanol–water partition coefficient (Wildman–Crippen LogP) is 0.946. The van der Waals surface area contributed by atoms with E-state index in [1.54, 1.807) is 6.07 Å². The lowest BCUT2D eigenvalue weighted by molar-refractivity contribution is 0.0945.